The van der Waals surface area contributed by atoms with Gasteiger partial charge in [-0.1, -0.05) is 13.3 Å². The highest BCUT2D eigenvalue weighted by Gasteiger charge is 2.38. The minimum Gasteiger partial charge on any atom is -0.481 e. The van der Waals surface area contributed by atoms with Crippen LogP contribution in [0.15, 0.2) is 0 Å². The largest absolute Gasteiger partial charge is 0.481 e. The van der Waals surface area contributed by atoms with Gasteiger partial charge in [-0.05, 0) is 31.7 Å². The van der Waals surface area contributed by atoms with Gasteiger partial charge in [0.2, 0.25) is 0 Å². The second-order valence-corrected chi connectivity index (χ2v) is 5.34. The van der Waals surface area contributed by atoms with E-state index < -0.39 is 5.97 Å². The molecule has 17 heavy (non-hydrogen) atoms. The zero-order valence-corrected chi connectivity index (χ0v) is 10.6. The van der Waals surface area contributed by atoms with Crippen LogP contribution in [0.3, 0.4) is 0 Å². The normalized spacial score (nSPS) is 29.5. The zero-order valence-electron chi connectivity index (χ0n) is 10.6. The molecule has 2 fully saturated rings. The lowest BCUT2D eigenvalue weighted by Crippen LogP contribution is -2.46. The molecule has 98 valence electrons. The van der Waals surface area contributed by atoms with Crippen LogP contribution in [0.1, 0.15) is 32.6 Å². The van der Waals surface area contributed by atoms with Gasteiger partial charge in [0.1, 0.15) is 0 Å². The number of nitrogens with zero attached hydrogens (tertiary/aromatic N) is 1. The first-order chi connectivity index (χ1) is 8.22. The van der Waals surface area contributed by atoms with E-state index in [0.29, 0.717) is 13.2 Å². The highest BCUT2D eigenvalue weighted by Crippen LogP contribution is 2.30. The minimum atomic E-state index is -0.706. The van der Waals surface area contributed by atoms with Gasteiger partial charge in [-0.15, -0.1) is 0 Å². The summed E-state index contributed by atoms with van der Waals surface area (Å²) >= 11 is 0. The summed E-state index contributed by atoms with van der Waals surface area (Å²) in [5.41, 5.74) is 0. The molecular weight excluding hydrogens is 218 g/mol. The van der Waals surface area contributed by atoms with E-state index in [2.05, 4.69) is 11.8 Å². The molecule has 2 rings (SSSR count). The fourth-order valence-corrected chi connectivity index (χ4v) is 2.83. The summed E-state index contributed by atoms with van der Waals surface area (Å²) in [5, 5.41) is 9.20. The van der Waals surface area contributed by atoms with E-state index in [1.165, 1.54) is 19.3 Å². The van der Waals surface area contributed by atoms with Crippen molar-refractivity contribution in [2.45, 2.75) is 38.6 Å². The molecule has 0 bridgehead atoms. The molecule has 0 aromatic rings. The third-order valence-corrected chi connectivity index (χ3v) is 4.06. The molecule has 2 unspecified atom stereocenters. The van der Waals surface area contributed by atoms with Crippen molar-refractivity contribution in [3.05, 3.63) is 0 Å². The fraction of sp³-hybridized carbons (Fsp3) is 0.923. The Labute approximate surface area is 103 Å². The lowest BCUT2D eigenvalue weighted by molar-refractivity contribution is -0.143. The zero-order chi connectivity index (χ0) is 12.3. The quantitative estimate of drug-likeness (QED) is 0.767. The highest BCUT2D eigenvalue weighted by molar-refractivity contribution is 5.71. The third kappa shape index (κ3) is 2.99. The van der Waals surface area contributed by atoms with E-state index in [9.17, 15) is 9.90 Å². The van der Waals surface area contributed by atoms with E-state index >= 15 is 0 Å². The molecule has 1 aliphatic heterocycles. The Bertz CT molecular complexity index is 265. The Morgan fingerprint density at radius 3 is 2.71 bits per heavy atom. The topological polar surface area (TPSA) is 49.8 Å². The van der Waals surface area contributed by atoms with Gasteiger partial charge in [-0.25, -0.2) is 0 Å². The summed E-state index contributed by atoms with van der Waals surface area (Å²) < 4.78 is 5.37. The number of carboxylic acids is 1. The fourth-order valence-electron chi connectivity index (χ4n) is 2.83. The Morgan fingerprint density at radius 1 is 1.41 bits per heavy atom. The summed E-state index contributed by atoms with van der Waals surface area (Å²) in [7, 11) is 0. The van der Waals surface area contributed by atoms with Crippen LogP contribution in [-0.2, 0) is 9.53 Å². The summed E-state index contributed by atoms with van der Waals surface area (Å²) in [6.07, 6.45) is 5.04. The second kappa shape index (κ2) is 5.83. The van der Waals surface area contributed by atoms with Gasteiger partial charge in [-0.3, -0.25) is 9.69 Å². The lowest BCUT2D eigenvalue weighted by atomic mass is 9.84. The van der Waals surface area contributed by atoms with Crippen molar-refractivity contribution in [2.24, 2.45) is 11.8 Å². The average Bonchev–Trinajstić information content (AvgIpc) is 2.70. The average molecular weight is 241 g/mol. The van der Waals surface area contributed by atoms with Crippen molar-refractivity contribution in [3.8, 4) is 0 Å². The Morgan fingerprint density at radius 2 is 2.18 bits per heavy atom. The molecule has 1 aliphatic carbocycles. The van der Waals surface area contributed by atoms with Gasteiger partial charge in [0.05, 0.1) is 19.1 Å². The minimum absolute atomic E-state index is 0.0908. The Hall–Kier alpha value is -0.610. The summed E-state index contributed by atoms with van der Waals surface area (Å²) in [5.74, 6) is -0.250. The van der Waals surface area contributed by atoms with E-state index in [1.54, 1.807) is 0 Å². The van der Waals surface area contributed by atoms with Crippen LogP contribution in [0.5, 0.6) is 0 Å². The lowest BCUT2D eigenvalue weighted by Gasteiger charge is -2.36. The highest BCUT2D eigenvalue weighted by atomic mass is 16.5. The summed E-state index contributed by atoms with van der Waals surface area (Å²) in [6, 6.07) is 0.0908. The maximum absolute atomic E-state index is 11.2. The Balaban J connectivity index is 1.95. The van der Waals surface area contributed by atoms with E-state index in [4.69, 9.17) is 4.74 Å². The van der Waals surface area contributed by atoms with Crippen LogP contribution in [0.25, 0.3) is 0 Å². The van der Waals surface area contributed by atoms with Crippen molar-refractivity contribution in [3.63, 3.8) is 0 Å². The number of hydrogen-bond donors (Lipinski definition) is 1. The van der Waals surface area contributed by atoms with Gasteiger partial charge >= 0.3 is 5.97 Å². The summed E-state index contributed by atoms with van der Waals surface area (Å²) in [6.45, 7) is 5.17. The van der Waals surface area contributed by atoms with Gasteiger partial charge in [0.25, 0.3) is 0 Å². The SMILES string of the molecule is CCCN(CC1CCC1)C1COCC1C(=O)O. The molecule has 1 heterocycles. The van der Waals surface area contributed by atoms with E-state index in [1.807, 2.05) is 0 Å². The number of hydrogen-bond acceptors (Lipinski definition) is 3. The van der Waals surface area contributed by atoms with Crippen molar-refractivity contribution in [1.29, 1.82) is 0 Å². The maximum Gasteiger partial charge on any atom is 0.310 e. The first-order valence-corrected chi connectivity index (χ1v) is 6.77. The maximum atomic E-state index is 11.2. The van der Waals surface area contributed by atoms with Gasteiger partial charge in [0, 0.05) is 12.6 Å². The van der Waals surface area contributed by atoms with Gasteiger partial charge in [0.15, 0.2) is 0 Å². The van der Waals surface area contributed by atoms with Gasteiger partial charge < -0.3 is 9.84 Å². The third-order valence-electron chi connectivity index (χ3n) is 4.06. The van der Waals surface area contributed by atoms with Crippen molar-refractivity contribution >= 4 is 5.97 Å². The van der Waals surface area contributed by atoms with Crippen LogP contribution in [0, 0.1) is 11.8 Å². The smallest absolute Gasteiger partial charge is 0.310 e. The van der Waals surface area contributed by atoms with Crippen molar-refractivity contribution in [2.75, 3.05) is 26.3 Å². The number of rotatable bonds is 6. The molecule has 1 N–H and O–H groups in total. The first kappa shape index (κ1) is 12.8. The number of aliphatic carboxylic acids is 1. The molecule has 1 saturated carbocycles. The molecule has 4 nitrogen and oxygen atoms in total. The molecule has 0 radical (unpaired) electrons. The van der Waals surface area contributed by atoms with Crippen LogP contribution in [0.4, 0.5) is 0 Å². The van der Waals surface area contributed by atoms with Gasteiger partial charge in [-0.2, -0.15) is 0 Å². The van der Waals surface area contributed by atoms with Crippen LogP contribution in [-0.4, -0.2) is 48.3 Å². The standard InChI is InChI=1S/C13H23NO3/c1-2-6-14(7-10-4-3-5-10)12-9-17-8-11(12)13(15)16/h10-12H,2-9H2,1H3,(H,15,16). The first-order valence-electron chi connectivity index (χ1n) is 6.77. The molecule has 1 saturated heterocycles. The van der Waals surface area contributed by atoms with Crippen LogP contribution < -0.4 is 0 Å². The summed E-state index contributed by atoms with van der Waals surface area (Å²) in [4.78, 5) is 13.5. The van der Waals surface area contributed by atoms with E-state index in [0.717, 1.165) is 25.4 Å². The second-order valence-electron chi connectivity index (χ2n) is 5.34. The molecule has 0 aromatic carbocycles. The number of ether oxygens (including phenoxy) is 1. The van der Waals surface area contributed by atoms with E-state index in [-0.39, 0.29) is 12.0 Å². The van der Waals surface area contributed by atoms with Crippen LogP contribution in [0.2, 0.25) is 0 Å². The molecular formula is C13H23NO3. The molecule has 2 atom stereocenters. The van der Waals surface area contributed by atoms with Crippen molar-refractivity contribution in [1.82, 2.24) is 4.90 Å². The monoisotopic (exact) mass is 241 g/mol. The molecule has 0 amide bonds. The Kier molecular flexibility index (Phi) is 4.40. The predicted octanol–water partition coefficient (Wildman–Crippen LogP) is 1.60. The predicted molar refractivity (Wildman–Crippen MR) is 64.9 cm³/mol. The molecule has 2 aliphatic rings. The molecule has 0 aromatic heterocycles. The number of carbonyl (C=O) groups is 1. The molecule has 0 spiro atoms. The molecule has 4 heteroatoms. The van der Waals surface area contributed by atoms with Crippen LogP contribution >= 0.6 is 0 Å². The van der Waals surface area contributed by atoms with Crippen molar-refractivity contribution < 1.29 is 14.6 Å². The number of carboxylic acid groups (broad SMARTS) is 1.